The molecule has 3 heteroatoms. The Kier molecular flexibility index (Phi) is 10.5. The summed E-state index contributed by atoms with van der Waals surface area (Å²) in [6.07, 6.45) is 14.8. The van der Waals surface area contributed by atoms with Gasteiger partial charge in [0.05, 0.1) is 17.7 Å². The molecule has 3 nitrogen and oxygen atoms in total. The van der Waals surface area contributed by atoms with Crippen LogP contribution in [0.15, 0.2) is 36.4 Å². The van der Waals surface area contributed by atoms with Crippen molar-refractivity contribution in [2.24, 2.45) is 5.92 Å². The Morgan fingerprint density at radius 2 is 1.44 bits per heavy atom. The topological polar surface area (TPSA) is 56.8 Å². The lowest BCUT2D eigenvalue weighted by Gasteiger charge is -2.29. The molecule has 180 valence electrons. The number of hydrogen-bond acceptors (Lipinski definition) is 3. The second-order valence-electron chi connectivity index (χ2n) is 9.82. The summed E-state index contributed by atoms with van der Waals surface area (Å²) >= 11 is 0. The molecule has 1 aliphatic carbocycles. The molecule has 2 aromatic carbocycles. The molecule has 0 unspecified atom stereocenters. The third kappa shape index (κ3) is 6.87. The van der Waals surface area contributed by atoms with Crippen molar-refractivity contribution in [1.29, 1.82) is 10.5 Å². The van der Waals surface area contributed by atoms with E-state index in [1.165, 1.54) is 57.8 Å². The SMILES string of the molecule is CCCCCCOc1ccc(-c2ccc([C@H]3CC[C@H](CCCCC)CC3)c(C#N)c2C#N)cc1. The minimum atomic E-state index is 0.390. The summed E-state index contributed by atoms with van der Waals surface area (Å²) in [5, 5.41) is 20.0. The Morgan fingerprint density at radius 1 is 0.765 bits per heavy atom. The first-order valence-electron chi connectivity index (χ1n) is 13.4. The van der Waals surface area contributed by atoms with E-state index < -0.39 is 0 Å². The first kappa shape index (κ1) is 25.8. The maximum atomic E-state index is 10.0. The minimum Gasteiger partial charge on any atom is -0.494 e. The molecule has 1 aliphatic rings. The van der Waals surface area contributed by atoms with Gasteiger partial charge in [0.1, 0.15) is 17.9 Å². The molecule has 0 N–H and O–H groups in total. The fourth-order valence-corrected chi connectivity index (χ4v) is 5.33. The predicted molar refractivity (Wildman–Crippen MR) is 140 cm³/mol. The third-order valence-corrected chi connectivity index (χ3v) is 7.40. The van der Waals surface area contributed by atoms with Crippen LogP contribution in [0.2, 0.25) is 0 Å². The molecule has 1 saturated carbocycles. The first-order valence-corrected chi connectivity index (χ1v) is 13.4. The maximum absolute atomic E-state index is 10.0. The zero-order valence-corrected chi connectivity index (χ0v) is 21.1. The largest absolute Gasteiger partial charge is 0.494 e. The second kappa shape index (κ2) is 13.8. The average molecular weight is 457 g/mol. The van der Waals surface area contributed by atoms with Gasteiger partial charge in [0.25, 0.3) is 0 Å². The lowest BCUT2D eigenvalue weighted by atomic mass is 9.75. The molecular formula is C31H40N2O. The van der Waals surface area contributed by atoms with Gasteiger partial charge in [-0.05, 0) is 67.2 Å². The zero-order chi connectivity index (χ0) is 24.2. The van der Waals surface area contributed by atoms with Gasteiger partial charge in [0, 0.05) is 5.56 Å². The monoisotopic (exact) mass is 456 g/mol. The fourth-order valence-electron chi connectivity index (χ4n) is 5.33. The number of nitrogens with zero attached hydrogens (tertiary/aromatic N) is 2. The molecule has 0 atom stereocenters. The number of unbranched alkanes of at least 4 members (excludes halogenated alkanes) is 5. The van der Waals surface area contributed by atoms with Crippen molar-refractivity contribution >= 4 is 0 Å². The molecule has 3 rings (SSSR count). The van der Waals surface area contributed by atoms with Gasteiger partial charge < -0.3 is 4.74 Å². The Bertz CT molecular complexity index is 972. The van der Waals surface area contributed by atoms with Gasteiger partial charge in [-0.15, -0.1) is 0 Å². The van der Waals surface area contributed by atoms with Crippen molar-refractivity contribution in [2.45, 2.75) is 96.8 Å². The van der Waals surface area contributed by atoms with Crippen LogP contribution in [0, 0.1) is 28.6 Å². The van der Waals surface area contributed by atoms with E-state index in [1.54, 1.807) is 0 Å². The van der Waals surface area contributed by atoms with Crippen LogP contribution in [-0.4, -0.2) is 6.61 Å². The van der Waals surface area contributed by atoms with E-state index in [0.717, 1.165) is 54.2 Å². The van der Waals surface area contributed by atoms with Crippen molar-refractivity contribution in [2.75, 3.05) is 6.61 Å². The van der Waals surface area contributed by atoms with E-state index in [4.69, 9.17) is 4.74 Å². The van der Waals surface area contributed by atoms with Gasteiger partial charge in [-0.25, -0.2) is 0 Å². The van der Waals surface area contributed by atoms with Crippen molar-refractivity contribution in [3.8, 4) is 29.0 Å². The summed E-state index contributed by atoms with van der Waals surface area (Å²) in [6.45, 7) is 5.20. The standard InChI is InChI=1S/C31H40N2O/c1-3-5-7-9-21-34-27-17-15-26(16-18-27)29-20-19-28(30(22-32)31(29)23-33)25-13-11-24(12-14-25)10-8-6-4-2/h15-20,24-25H,3-14,21H2,1-2H3/t24-,25-. The van der Waals surface area contributed by atoms with Crippen molar-refractivity contribution in [3.63, 3.8) is 0 Å². The van der Waals surface area contributed by atoms with Gasteiger partial charge in [0.2, 0.25) is 0 Å². The Hall–Kier alpha value is -2.78. The van der Waals surface area contributed by atoms with Crippen LogP contribution in [0.4, 0.5) is 0 Å². The summed E-state index contributed by atoms with van der Waals surface area (Å²) in [6, 6.07) is 16.8. The summed E-state index contributed by atoms with van der Waals surface area (Å²) in [4.78, 5) is 0. The Balaban J connectivity index is 1.70. The normalized spacial score (nSPS) is 17.6. The highest BCUT2D eigenvalue weighted by Gasteiger charge is 2.26. The Morgan fingerprint density at radius 3 is 2.09 bits per heavy atom. The molecular weight excluding hydrogens is 416 g/mol. The summed E-state index contributed by atoms with van der Waals surface area (Å²) < 4.78 is 5.87. The van der Waals surface area contributed by atoms with E-state index in [9.17, 15) is 10.5 Å². The van der Waals surface area contributed by atoms with Gasteiger partial charge in [-0.1, -0.05) is 83.1 Å². The van der Waals surface area contributed by atoms with E-state index >= 15 is 0 Å². The average Bonchev–Trinajstić information content (AvgIpc) is 2.88. The maximum Gasteiger partial charge on any atom is 0.119 e. The highest BCUT2D eigenvalue weighted by Crippen LogP contribution is 2.41. The zero-order valence-electron chi connectivity index (χ0n) is 21.1. The highest BCUT2D eigenvalue weighted by atomic mass is 16.5. The number of benzene rings is 2. The van der Waals surface area contributed by atoms with Crippen LogP contribution < -0.4 is 4.74 Å². The summed E-state index contributed by atoms with van der Waals surface area (Å²) in [5.41, 5.74) is 3.95. The van der Waals surface area contributed by atoms with Crippen LogP contribution in [0.25, 0.3) is 11.1 Å². The van der Waals surface area contributed by atoms with E-state index in [0.29, 0.717) is 17.0 Å². The fraction of sp³-hybridized carbons (Fsp3) is 0.548. The van der Waals surface area contributed by atoms with Crippen LogP contribution in [0.5, 0.6) is 5.75 Å². The summed E-state index contributed by atoms with van der Waals surface area (Å²) in [5.74, 6) is 2.07. The van der Waals surface area contributed by atoms with Crippen molar-refractivity contribution in [1.82, 2.24) is 0 Å². The van der Waals surface area contributed by atoms with E-state index in [-0.39, 0.29) is 0 Å². The smallest absolute Gasteiger partial charge is 0.119 e. The third-order valence-electron chi connectivity index (χ3n) is 7.40. The van der Waals surface area contributed by atoms with E-state index in [1.807, 2.05) is 30.3 Å². The van der Waals surface area contributed by atoms with Crippen LogP contribution in [0.1, 0.15) is 114 Å². The van der Waals surface area contributed by atoms with E-state index in [2.05, 4.69) is 32.1 Å². The quantitative estimate of drug-likeness (QED) is 0.300. The summed E-state index contributed by atoms with van der Waals surface area (Å²) in [7, 11) is 0. The molecule has 0 heterocycles. The lowest BCUT2D eigenvalue weighted by Crippen LogP contribution is -2.15. The minimum absolute atomic E-state index is 0.390. The van der Waals surface area contributed by atoms with Gasteiger partial charge in [-0.2, -0.15) is 10.5 Å². The predicted octanol–water partition coefficient (Wildman–Crippen LogP) is 8.91. The molecule has 0 saturated heterocycles. The Labute approximate surface area is 206 Å². The van der Waals surface area contributed by atoms with Crippen molar-refractivity contribution in [3.05, 3.63) is 53.1 Å². The molecule has 2 aromatic rings. The lowest BCUT2D eigenvalue weighted by molar-refractivity contribution is 0.302. The van der Waals surface area contributed by atoms with Crippen LogP contribution in [-0.2, 0) is 0 Å². The second-order valence-corrected chi connectivity index (χ2v) is 9.82. The first-order chi connectivity index (χ1) is 16.7. The van der Waals surface area contributed by atoms with Crippen LogP contribution in [0.3, 0.4) is 0 Å². The molecule has 1 fully saturated rings. The van der Waals surface area contributed by atoms with Gasteiger partial charge in [0.15, 0.2) is 0 Å². The molecule has 0 amide bonds. The molecule has 0 radical (unpaired) electrons. The molecule has 0 aromatic heterocycles. The molecule has 0 bridgehead atoms. The van der Waals surface area contributed by atoms with Gasteiger partial charge in [-0.3, -0.25) is 0 Å². The number of ether oxygens (including phenoxy) is 1. The molecule has 0 aliphatic heterocycles. The molecule has 34 heavy (non-hydrogen) atoms. The number of hydrogen-bond donors (Lipinski definition) is 0. The molecule has 0 spiro atoms. The van der Waals surface area contributed by atoms with Gasteiger partial charge >= 0.3 is 0 Å². The number of rotatable bonds is 12. The number of nitriles is 2. The van der Waals surface area contributed by atoms with Crippen LogP contribution >= 0.6 is 0 Å². The van der Waals surface area contributed by atoms with Crippen molar-refractivity contribution < 1.29 is 4.74 Å². The highest BCUT2D eigenvalue weighted by molar-refractivity contribution is 5.75.